The normalized spacial score (nSPS) is 25.9. The number of amides is 1. The van der Waals surface area contributed by atoms with Gasteiger partial charge in [-0.3, -0.25) is 10.6 Å². The molecule has 1 heterocycles. The molecule has 4 rings (SSSR count). The molecule has 1 amide bonds. The average Bonchev–Trinajstić information content (AvgIpc) is 2.75. The number of carbonyl (C=O) groups excluding carboxylic acids is 1. The lowest BCUT2D eigenvalue weighted by atomic mass is 9.77. The number of halogens is 2. The van der Waals surface area contributed by atoms with Crippen LogP contribution in [0.5, 0.6) is 0 Å². The van der Waals surface area contributed by atoms with Crippen molar-refractivity contribution in [2.75, 3.05) is 6.26 Å². The zero-order valence-corrected chi connectivity index (χ0v) is 21.3. The zero-order valence-electron chi connectivity index (χ0n) is 19.0. The van der Waals surface area contributed by atoms with Crippen molar-refractivity contribution >= 4 is 39.1 Å². The van der Waals surface area contributed by atoms with Crippen molar-refractivity contribution in [2.45, 2.75) is 63.6 Å². The first-order valence-corrected chi connectivity index (χ1v) is 13.7. The predicted octanol–water partition coefficient (Wildman–Crippen LogP) is 5.05. The van der Waals surface area contributed by atoms with E-state index in [0.717, 1.165) is 40.2 Å². The van der Waals surface area contributed by atoms with E-state index in [9.17, 15) is 13.2 Å². The van der Waals surface area contributed by atoms with E-state index < -0.39 is 16.1 Å². The molecule has 0 unspecified atom stereocenters. The van der Waals surface area contributed by atoms with Crippen molar-refractivity contribution in [1.29, 1.82) is 0 Å². The molecule has 1 aliphatic heterocycles. The average molecular weight is 510 g/mol. The molecule has 33 heavy (non-hydrogen) atoms. The van der Waals surface area contributed by atoms with Crippen molar-refractivity contribution in [3.05, 3.63) is 68.7 Å². The summed E-state index contributed by atoms with van der Waals surface area (Å²) in [6, 6.07) is 9.98. The maximum atomic E-state index is 14.0. The highest BCUT2D eigenvalue weighted by molar-refractivity contribution is 7.88. The standard InChI is InChI=1S/C24H29Cl2N3O3S/c1-14-8-10-17-15(2)23(18-11-9-16(25)13-20(18)26)28(24(30)19(17)12-14)21-6-4-5-7-22(21)29(27)33(3,31)32/h8-13,15,21-23H,4-7,27H2,1-3H3/t15-,21+,22+,23-/m1/s1. The summed E-state index contributed by atoms with van der Waals surface area (Å²) >= 11 is 12.8. The molecule has 2 aliphatic rings. The zero-order chi connectivity index (χ0) is 24.1. The summed E-state index contributed by atoms with van der Waals surface area (Å²) in [4.78, 5) is 15.9. The topological polar surface area (TPSA) is 83.7 Å². The Morgan fingerprint density at radius 3 is 2.39 bits per heavy atom. The smallest absolute Gasteiger partial charge is 0.254 e. The number of aryl methyl sites for hydroxylation is 1. The Morgan fingerprint density at radius 1 is 1.06 bits per heavy atom. The van der Waals surface area contributed by atoms with Gasteiger partial charge in [0.25, 0.3) is 5.91 Å². The fraction of sp³-hybridized carbons (Fsp3) is 0.458. The van der Waals surface area contributed by atoms with Gasteiger partial charge in [0.05, 0.1) is 24.4 Å². The summed E-state index contributed by atoms with van der Waals surface area (Å²) in [6.07, 6.45) is 4.09. The number of rotatable bonds is 4. The molecular weight excluding hydrogens is 481 g/mol. The third-order valence-electron chi connectivity index (χ3n) is 6.98. The van der Waals surface area contributed by atoms with E-state index in [2.05, 4.69) is 6.92 Å². The van der Waals surface area contributed by atoms with E-state index in [1.165, 1.54) is 0 Å². The van der Waals surface area contributed by atoms with Gasteiger partial charge in [-0.15, -0.1) is 4.41 Å². The fourth-order valence-electron chi connectivity index (χ4n) is 5.41. The van der Waals surface area contributed by atoms with Gasteiger partial charge in [-0.25, -0.2) is 8.42 Å². The monoisotopic (exact) mass is 509 g/mol. The lowest BCUT2D eigenvalue weighted by molar-refractivity contribution is 0.0258. The summed E-state index contributed by atoms with van der Waals surface area (Å²) in [7, 11) is -3.64. The molecule has 0 saturated heterocycles. The SMILES string of the molecule is Cc1ccc2c(c1)C(=O)N([C@H]1CCCC[C@@H]1N(N)S(C)(=O)=O)[C@@H](c1ccc(Cl)cc1Cl)[C@@H]2C. The minimum absolute atomic E-state index is 0.0657. The van der Waals surface area contributed by atoms with Crippen LogP contribution in [0.1, 0.15) is 71.6 Å². The van der Waals surface area contributed by atoms with Crippen molar-refractivity contribution in [3.63, 3.8) is 0 Å². The third-order valence-corrected chi connectivity index (χ3v) is 8.58. The molecule has 0 spiro atoms. The minimum Gasteiger partial charge on any atom is -0.326 e. The first-order chi connectivity index (χ1) is 15.5. The molecule has 2 N–H and O–H groups in total. The second-order valence-electron chi connectivity index (χ2n) is 9.21. The van der Waals surface area contributed by atoms with Crippen molar-refractivity contribution < 1.29 is 13.2 Å². The third kappa shape index (κ3) is 4.54. The second kappa shape index (κ2) is 9.19. The summed E-state index contributed by atoms with van der Waals surface area (Å²) in [5, 5.41) is 0.995. The lowest BCUT2D eigenvalue weighted by Gasteiger charge is -2.50. The van der Waals surface area contributed by atoms with Gasteiger partial charge >= 0.3 is 0 Å². The van der Waals surface area contributed by atoms with Gasteiger partial charge in [-0.05, 0) is 49.1 Å². The Kier molecular flexibility index (Phi) is 6.82. The van der Waals surface area contributed by atoms with E-state index in [4.69, 9.17) is 29.0 Å². The summed E-state index contributed by atoms with van der Waals surface area (Å²) < 4.78 is 25.7. The molecule has 178 valence electrons. The van der Waals surface area contributed by atoms with Crippen LogP contribution in [0.15, 0.2) is 36.4 Å². The van der Waals surface area contributed by atoms with Gasteiger partial charge in [0.2, 0.25) is 10.0 Å². The number of benzene rings is 2. The number of hydrogen-bond donors (Lipinski definition) is 1. The van der Waals surface area contributed by atoms with Crippen molar-refractivity contribution in [2.24, 2.45) is 5.84 Å². The number of hydrogen-bond acceptors (Lipinski definition) is 4. The van der Waals surface area contributed by atoms with Crippen LogP contribution in [0.2, 0.25) is 10.0 Å². The van der Waals surface area contributed by atoms with Gasteiger partial charge in [0.15, 0.2) is 0 Å². The van der Waals surface area contributed by atoms with Crippen LogP contribution in [0.4, 0.5) is 0 Å². The number of carbonyl (C=O) groups is 1. The fourth-order valence-corrected chi connectivity index (χ4v) is 6.66. The second-order valence-corrected chi connectivity index (χ2v) is 11.9. The lowest BCUT2D eigenvalue weighted by Crippen LogP contribution is -2.60. The van der Waals surface area contributed by atoms with Gasteiger partial charge in [0.1, 0.15) is 0 Å². The van der Waals surface area contributed by atoms with Crippen LogP contribution in [-0.4, -0.2) is 42.0 Å². The predicted molar refractivity (Wildman–Crippen MR) is 132 cm³/mol. The number of fused-ring (bicyclic) bond motifs is 1. The molecule has 0 aromatic heterocycles. The molecule has 0 bridgehead atoms. The van der Waals surface area contributed by atoms with Crippen LogP contribution in [0.3, 0.4) is 0 Å². The van der Waals surface area contributed by atoms with E-state index in [1.807, 2.05) is 36.1 Å². The highest BCUT2D eigenvalue weighted by atomic mass is 35.5. The molecule has 2 aromatic carbocycles. The van der Waals surface area contributed by atoms with Crippen LogP contribution < -0.4 is 5.84 Å². The van der Waals surface area contributed by atoms with Crippen molar-refractivity contribution in [1.82, 2.24) is 9.31 Å². The number of hydrazine groups is 1. The minimum atomic E-state index is -3.64. The number of nitrogens with zero attached hydrogens (tertiary/aromatic N) is 2. The first kappa shape index (κ1) is 24.5. The van der Waals surface area contributed by atoms with Crippen LogP contribution in [-0.2, 0) is 10.0 Å². The molecule has 0 radical (unpaired) electrons. The highest BCUT2D eigenvalue weighted by Crippen LogP contribution is 2.47. The molecule has 1 aliphatic carbocycles. The van der Waals surface area contributed by atoms with Crippen LogP contribution in [0, 0.1) is 6.92 Å². The molecule has 1 saturated carbocycles. The molecule has 2 aromatic rings. The van der Waals surface area contributed by atoms with Gasteiger partial charge < -0.3 is 4.90 Å². The maximum Gasteiger partial charge on any atom is 0.254 e. The Bertz CT molecular complexity index is 1190. The molecule has 4 atom stereocenters. The first-order valence-electron chi connectivity index (χ1n) is 11.1. The van der Waals surface area contributed by atoms with E-state index in [-0.39, 0.29) is 23.9 Å². The van der Waals surface area contributed by atoms with E-state index >= 15 is 0 Å². The van der Waals surface area contributed by atoms with Gasteiger partial charge in [0, 0.05) is 21.5 Å². The quantitative estimate of drug-likeness (QED) is 0.461. The van der Waals surface area contributed by atoms with Gasteiger partial charge in [-0.1, -0.05) is 66.7 Å². The van der Waals surface area contributed by atoms with E-state index in [0.29, 0.717) is 28.5 Å². The molecule has 9 heteroatoms. The molecule has 6 nitrogen and oxygen atoms in total. The van der Waals surface area contributed by atoms with Crippen molar-refractivity contribution in [3.8, 4) is 0 Å². The highest BCUT2D eigenvalue weighted by Gasteiger charge is 2.47. The Hall–Kier alpha value is -1.64. The van der Waals surface area contributed by atoms with Crippen LogP contribution >= 0.6 is 23.2 Å². The number of sulfonamides is 1. The summed E-state index contributed by atoms with van der Waals surface area (Å²) in [5.74, 6) is 5.93. The molecule has 1 fully saturated rings. The largest absolute Gasteiger partial charge is 0.326 e. The summed E-state index contributed by atoms with van der Waals surface area (Å²) in [6.45, 7) is 4.04. The Labute approximate surface area is 205 Å². The Morgan fingerprint density at radius 2 is 1.73 bits per heavy atom. The summed E-state index contributed by atoms with van der Waals surface area (Å²) in [5.41, 5.74) is 3.39. The number of nitrogens with two attached hydrogens (primary N) is 1. The Balaban J connectivity index is 1.90. The van der Waals surface area contributed by atoms with Crippen LogP contribution in [0.25, 0.3) is 0 Å². The van der Waals surface area contributed by atoms with Gasteiger partial charge in [-0.2, -0.15) is 0 Å². The molecular formula is C24H29Cl2N3O3S. The van der Waals surface area contributed by atoms with E-state index in [1.54, 1.807) is 12.1 Å². The maximum absolute atomic E-state index is 14.0.